The van der Waals surface area contributed by atoms with Crippen LogP contribution in [0.5, 0.6) is 0 Å². The van der Waals surface area contributed by atoms with Crippen LogP contribution >= 0.6 is 0 Å². The Morgan fingerprint density at radius 2 is 1.37 bits per heavy atom. The summed E-state index contributed by atoms with van der Waals surface area (Å²) in [7, 11) is 0. The van der Waals surface area contributed by atoms with Gasteiger partial charge in [0.15, 0.2) is 0 Å². The second kappa shape index (κ2) is 9.82. The summed E-state index contributed by atoms with van der Waals surface area (Å²) >= 11 is 0. The number of nitrogens with zero attached hydrogens (tertiary/aromatic N) is 2. The normalized spacial score (nSPS) is 11.5. The minimum atomic E-state index is -0.400. The predicted molar refractivity (Wildman–Crippen MR) is 141 cm³/mol. The Hall–Kier alpha value is -4.44. The highest BCUT2D eigenvalue weighted by Gasteiger charge is 2.16. The Morgan fingerprint density at radius 1 is 0.771 bits per heavy atom. The van der Waals surface area contributed by atoms with E-state index in [1.165, 1.54) is 5.56 Å². The van der Waals surface area contributed by atoms with Gasteiger partial charge in [0.2, 0.25) is 0 Å². The molecule has 0 fully saturated rings. The van der Waals surface area contributed by atoms with E-state index in [1.54, 1.807) is 12.1 Å². The standard InChI is InChI=1S/C31H26N2O2/c1-22-12-16-25(17-13-22)29(35-31(34)26-18-14-23(2)15-19-26)20-30-32-27-10-6-7-11-28(27)33(30)21-24-8-4-3-5-9-24/h3-20H,21H2,1-2H3/b29-20+. The zero-order chi connectivity index (χ0) is 24.2. The lowest BCUT2D eigenvalue weighted by Crippen LogP contribution is -2.07. The number of esters is 1. The molecule has 0 aliphatic rings. The van der Waals surface area contributed by atoms with Crippen LogP contribution in [0.1, 0.15) is 38.4 Å². The van der Waals surface area contributed by atoms with Crippen molar-refractivity contribution in [2.45, 2.75) is 20.4 Å². The second-order valence-corrected chi connectivity index (χ2v) is 8.66. The smallest absolute Gasteiger partial charge is 0.343 e. The van der Waals surface area contributed by atoms with Crippen LogP contribution in [-0.4, -0.2) is 15.5 Å². The van der Waals surface area contributed by atoms with E-state index in [9.17, 15) is 4.79 Å². The lowest BCUT2D eigenvalue weighted by Gasteiger charge is -2.12. The van der Waals surface area contributed by atoms with Crippen molar-refractivity contribution in [1.82, 2.24) is 9.55 Å². The SMILES string of the molecule is Cc1ccc(C(=O)O/C(=C/c2nc3ccccc3n2Cc2ccccc2)c2ccc(C)cc2)cc1. The molecule has 0 amide bonds. The van der Waals surface area contributed by atoms with Crippen LogP contribution < -0.4 is 0 Å². The first-order valence-corrected chi connectivity index (χ1v) is 11.6. The van der Waals surface area contributed by atoms with E-state index >= 15 is 0 Å². The third-order valence-corrected chi connectivity index (χ3v) is 5.95. The molecule has 4 aromatic carbocycles. The van der Waals surface area contributed by atoms with Gasteiger partial charge in [0, 0.05) is 18.2 Å². The molecule has 0 aliphatic carbocycles. The maximum atomic E-state index is 13.1. The van der Waals surface area contributed by atoms with Gasteiger partial charge >= 0.3 is 5.97 Å². The molecule has 0 saturated heterocycles. The third-order valence-electron chi connectivity index (χ3n) is 5.95. The van der Waals surface area contributed by atoms with E-state index in [1.807, 2.05) is 92.7 Å². The van der Waals surface area contributed by atoms with E-state index in [0.29, 0.717) is 17.9 Å². The zero-order valence-electron chi connectivity index (χ0n) is 19.8. The number of hydrogen-bond acceptors (Lipinski definition) is 3. The number of para-hydroxylation sites is 2. The van der Waals surface area contributed by atoms with Gasteiger partial charge in [0.05, 0.1) is 16.6 Å². The Morgan fingerprint density at radius 3 is 2.06 bits per heavy atom. The van der Waals surface area contributed by atoms with E-state index < -0.39 is 5.97 Å². The molecule has 172 valence electrons. The Bertz CT molecular complexity index is 1500. The van der Waals surface area contributed by atoms with Crippen LogP contribution in [-0.2, 0) is 11.3 Å². The number of carbonyl (C=O) groups is 1. The van der Waals surface area contributed by atoms with Gasteiger partial charge in [0.1, 0.15) is 11.6 Å². The summed E-state index contributed by atoms with van der Waals surface area (Å²) in [5.41, 5.74) is 6.62. The summed E-state index contributed by atoms with van der Waals surface area (Å²) in [6.45, 7) is 4.68. The molecule has 0 unspecified atom stereocenters. The largest absolute Gasteiger partial charge is 0.422 e. The van der Waals surface area contributed by atoms with Crippen molar-refractivity contribution in [2.24, 2.45) is 0 Å². The van der Waals surface area contributed by atoms with Gasteiger partial charge in [-0.3, -0.25) is 0 Å². The highest BCUT2D eigenvalue weighted by molar-refractivity contribution is 5.95. The molecule has 0 radical (unpaired) electrons. The van der Waals surface area contributed by atoms with E-state index in [4.69, 9.17) is 9.72 Å². The number of ether oxygens (including phenoxy) is 1. The van der Waals surface area contributed by atoms with Gasteiger partial charge in [-0.1, -0.05) is 90.0 Å². The molecule has 35 heavy (non-hydrogen) atoms. The Kier molecular flexibility index (Phi) is 6.27. The van der Waals surface area contributed by atoms with Crippen molar-refractivity contribution < 1.29 is 9.53 Å². The molecule has 0 saturated carbocycles. The minimum Gasteiger partial charge on any atom is -0.422 e. The molecule has 5 rings (SSSR count). The quantitative estimate of drug-likeness (QED) is 0.202. The Labute approximate surface area is 205 Å². The van der Waals surface area contributed by atoms with Crippen molar-refractivity contribution in [2.75, 3.05) is 0 Å². The molecule has 4 heteroatoms. The fourth-order valence-electron chi connectivity index (χ4n) is 3.99. The number of imidazole rings is 1. The minimum absolute atomic E-state index is 0.400. The molecule has 0 aliphatic heterocycles. The monoisotopic (exact) mass is 458 g/mol. The van der Waals surface area contributed by atoms with Gasteiger partial charge in [0.25, 0.3) is 0 Å². The lowest BCUT2D eigenvalue weighted by molar-refractivity contribution is 0.0693. The van der Waals surface area contributed by atoms with Crippen molar-refractivity contribution in [3.8, 4) is 0 Å². The molecule has 0 N–H and O–H groups in total. The fourth-order valence-corrected chi connectivity index (χ4v) is 3.99. The number of fused-ring (bicyclic) bond motifs is 1. The molecule has 1 heterocycles. The van der Waals surface area contributed by atoms with E-state index in [-0.39, 0.29) is 0 Å². The average molecular weight is 459 g/mol. The first-order valence-electron chi connectivity index (χ1n) is 11.6. The van der Waals surface area contributed by atoms with Crippen molar-refractivity contribution >= 4 is 28.8 Å². The van der Waals surface area contributed by atoms with Crippen LogP contribution in [0.25, 0.3) is 22.9 Å². The van der Waals surface area contributed by atoms with Crippen molar-refractivity contribution in [3.63, 3.8) is 0 Å². The molecule has 0 atom stereocenters. The predicted octanol–water partition coefficient (Wildman–Crippen LogP) is 7.06. The van der Waals surface area contributed by atoms with Crippen LogP contribution in [0.4, 0.5) is 0 Å². The molecule has 0 bridgehead atoms. The molecular formula is C31H26N2O2. The fraction of sp³-hybridized carbons (Fsp3) is 0.0968. The highest BCUT2D eigenvalue weighted by atomic mass is 16.5. The summed E-state index contributed by atoms with van der Waals surface area (Å²) in [6, 6.07) is 33.7. The molecule has 0 spiro atoms. The topological polar surface area (TPSA) is 44.1 Å². The summed E-state index contributed by atoms with van der Waals surface area (Å²) in [5.74, 6) is 0.782. The van der Waals surface area contributed by atoms with Crippen LogP contribution in [0.2, 0.25) is 0 Å². The third kappa shape index (κ3) is 5.07. The number of hydrogen-bond donors (Lipinski definition) is 0. The zero-order valence-corrected chi connectivity index (χ0v) is 19.8. The molecule has 5 aromatic rings. The highest BCUT2D eigenvalue weighted by Crippen LogP contribution is 2.25. The van der Waals surface area contributed by atoms with Gasteiger partial charge in [-0.2, -0.15) is 0 Å². The van der Waals surface area contributed by atoms with Gasteiger partial charge < -0.3 is 9.30 Å². The summed E-state index contributed by atoms with van der Waals surface area (Å²) in [6.07, 6.45) is 1.86. The maximum absolute atomic E-state index is 13.1. The maximum Gasteiger partial charge on any atom is 0.343 e. The number of benzene rings is 4. The molecular weight excluding hydrogens is 432 g/mol. The summed E-state index contributed by atoms with van der Waals surface area (Å²) in [4.78, 5) is 17.9. The van der Waals surface area contributed by atoms with Gasteiger partial charge in [-0.05, 0) is 43.7 Å². The number of rotatable bonds is 6. The van der Waals surface area contributed by atoms with Crippen LogP contribution in [0, 0.1) is 13.8 Å². The van der Waals surface area contributed by atoms with Crippen LogP contribution in [0.15, 0.2) is 103 Å². The average Bonchev–Trinajstić information content (AvgIpc) is 3.22. The molecule has 1 aromatic heterocycles. The number of aromatic nitrogens is 2. The number of aryl methyl sites for hydroxylation is 2. The second-order valence-electron chi connectivity index (χ2n) is 8.66. The number of carbonyl (C=O) groups excluding carboxylic acids is 1. The summed E-state index contributed by atoms with van der Waals surface area (Å²) < 4.78 is 8.13. The molecule has 4 nitrogen and oxygen atoms in total. The van der Waals surface area contributed by atoms with Crippen molar-refractivity contribution in [3.05, 3.63) is 137 Å². The lowest BCUT2D eigenvalue weighted by atomic mass is 10.1. The Balaban J connectivity index is 1.60. The summed E-state index contributed by atoms with van der Waals surface area (Å²) in [5, 5.41) is 0. The van der Waals surface area contributed by atoms with E-state index in [0.717, 1.165) is 33.5 Å². The van der Waals surface area contributed by atoms with Gasteiger partial charge in [-0.25, -0.2) is 9.78 Å². The first kappa shape index (κ1) is 22.4. The van der Waals surface area contributed by atoms with E-state index in [2.05, 4.69) is 22.8 Å². The van der Waals surface area contributed by atoms with Crippen LogP contribution in [0.3, 0.4) is 0 Å². The van der Waals surface area contributed by atoms with Crippen molar-refractivity contribution in [1.29, 1.82) is 0 Å². The van der Waals surface area contributed by atoms with Gasteiger partial charge in [-0.15, -0.1) is 0 Å². The first-order chi connectivity index (χ1) is 17.1.